The number of hydrogen-bond acceptors (Lipinski definition) is 4. The predicted molar refractivity (Wildman–Crippen MR) is 71.2 cm³/mol. The van der Waals surface area contributed by atoms with E-state index in [2.05, 4.69) is 29.2 Å². The second-order valence-electron chi connectivity index (χ2n) is 4.39. The topological polar surface area (TPSA) is 42.2 Å². The van der Waals surface area contributed by atoms with Gasteiger partial charge in [0.1, 0.15) is 0 Å². The van der Waals surface area contributed by atoms with E-state index in [1.807, 2.05) is 0 Å². The van der Waals surface area contributed by atoms with Gasteiger partial charge in [-0.2, -0.15) is 0 Å². The molecule has 0 unspecified atom stereocenters. The van der Waals surface area contributed by atoms with Crippen molar-refractivity contribution >= 4 is 23.7 Å². The molecule has 1 aromatic rings. The van der Waals surface area contributed by atoms with Crippen molar-refractivity contribution in [2.75, 3.05) is 7.05 Å². The average Bonchev–Trinajstić information content (AvgIpc) is 2.60. The standard InChI is InChI=1S/C11H19N3S.ClH/c1-3-11-13-9(7-15-11)6-14(2)10-4-8(12)5-10;/h7-8,10H,3-6,12H2,1-2H3;1H. The van der Waals surface area contributed by atoms with E-state index in [9.17, 15) is 0 Å². The zero-order chi connectivity index (χ0) is 10.8. The Labute approximate surface area is 107 Å². The molecule has 0 saturated heterocycles. The van der Waals surface area contributed by atoms with E-state index >= 15 is 0 Å². The van der Waals surface area contributed by atoms with Crippen molar-refractivity contribution in [1.82, 2.24) is 9.88 Å². The minimum absolute atomic E-state index is 0. The van der Waals surface area contributed by atoms with Gasteiger partial charge in [-0.1, -0.05) is 6.92 Å². The van der Waals surface area contributed by atoms with Crippen LogP contribution in [0.15, 0.2) is 5.38 Å². The Balaban J connectivity index is 0.00000128. The lowest BCUT2D eigenvalue weighted by Gasteiger charge is -2.39. The Hall–Kier alpha value is -0.160. The third-order valence-electron chi connectivity index (χ3n) is 3.09. The van der Waals surface area contributed by atoms with E-state index < -0.39 is 0 Å². The number of aromatic nitrogens is 1. The normalized spacial score (nSPS) is 24.0. The van der Waals surface area contributed by atoms with Crippen LogP contribution >= 0.6 is 23.7 Å². The van der Waals surface area contributed by atoms with Crippen LogP contribution < -0.4 is 5.73 Å². The van der Waals surface area contributed by atoms with Gasteiger partial charge in [-0.05, 0) is 26.3 Å². The molecule has 0 amide bonds. The maximum Gasteiger partial charge on any atom is 0.0926 e. The number of thiazole rings is 1. The summed E-state index contributed by atoms with van der Waals surface area (Å²) in [6.45, 7) is 3.12. The number of halogens is 1. The van der Waals surface area contributed by atoms with Gasteiger partial charge in [-0.3, -0.25) is 4.90 Å². The molecule has 0 radical (unpaired) electrons. The summed E-state index contributed by atoms with van der Waals surface area (Å²) in [6, 6.07) is 1.10. The zero-order valence-corrected chi connectivity index (χ0v) is 11.5. The van der Waals surface area contributed by atoms with Gasteiger partial charge in [0.25, 0.3) is 0 Å². The minimum atomic E-state index is 0. The molecule has 1 aliphatic rings. The van der Waals surface area contributed by atoms with E-state index in [0.717, 1.165) is 25.8 Å². The van der Waals surface area contributed by atoms with Crippen molar-refractivity contribution in [2.45, 2.75) is 44.8 Å². The molecule has 0 bridgehead atoms. The SMILES string of the molecule is CCc1nc(CN(C)C2CC(N)C2)cs1.Cl. The van der Waals surface area contributed by atoms with Gasteiger partial charge in [0, 0.05) is 24.0 Å². The first-order chi connectivity index (χ1) is 7.19. The van der Waals surface area contributed by atoms with E-state index in [0.29, 0.717) is 12.1 Å². The Morgan fingerprint density at radius 1 is 1.56 bits per heavy atom. The highest BCUT2D eigenvalue weighted by molar-refractivity contribution is 7.09. The van der Waals surface area contributed by atoms with Crippen molar-refractivity contribution in [2.24, 2.45) is 5.73 Å². The van der Waals surface area contributed by atoms with Gasteiger partial charge >= 0.3 is 0 Å². The largest absolute Gasteiger partial charge is 0.328 e. The second-order valence-corrected chi connectivity index (χ2v) is 5.33. The molecule has 5 heteroatoms. The van der Waals surface area contributed by atoms with Gasteiger partial charge in [-0.15, -0.1) is 23.7 Å². The van der Waals surface area contributed by atoms with Gasteiger partial charge in [0.15, 0.2) is 0 Å². The maximum atomic E-state index is 5.79. The maximum absolute atomic E-state index is 5.79. The third-order valence-corrected chi connectivity index (χ3v) is 4.13. The van der Waals surface area contributed by atoms with Crippen LogP contribution in [-0.2, 0) is 13.0 Å². The molecule has 0 atom stereocenters. The van der Waals surface area contributed by atoms with Crippen LogP contribution in [0.3, 0.4) is 0 Å². The fourth-order valence-corrected chi connectivity index (χ4v) is 2.69. The molecule has 0 spiro atoms. The Kier molecular flexibility index (Phi) is 5.18. The van der Waals surface area contributed by atoms with E-state index in [4.69, 9.17) is 5.73 Å². The molecule has 1 saturated carbocycles. The van der Waals surface area contributed by atoms with Crippen LogP contribution in [0.2, 0.25) is 0 Å². The first-order valence-corrected chi connectivity index (χ1v) is 6.46. The molecule has 2 N–H and O–H groups in total. The summed E-state index contributed by atoms with van der Waals surface area (Å²) in [5, 5.41) is 3.41. The van der Waals surface area contributed by atoms with Crippen molar-refractivity contribution < 1.29 is 0 Å². The molecule has 1 aromatic heterocycles. The van der Waals surface area contributed by atoms with Gasteiger partial charge < -0.3 is 5.73 Å². The molecule has 92 valence electrons. The van der Waals surface area contributed by atoms with Crippen LogP contribution in [0.5, 0.6) is 0 Å². The molecular formula is C11H20ClN3S. The Bertz CT molecular complexity index is 323. The van der Waals surface area contributed by atoms with Crippen molar-refractivity contribution in [3.05, 3.63) is 16.1 Å². The van der Waals surface area contributed by atoms with E-state index in [1.54, 1.807) is 11.3 Å². The average molecular weight is 262 g/mol. The lowest BCUT2D eigenvalue weighted by molar-refractivity contribution is 0.131. The minimum Gasteiger partial charge on any atom is -0.328 e. The molecular weight excluding hydrogens is 242 g/mol. The Morgan fingerprint density at radius 2 is 2.25 bits per heavy atom. The smallest absolute Gasteiger partial charge is 0.0926 e. The quantitative estimate of drug-likeness (QED) is 0.902. The lowest BCUT2D eigenvalue weighted by Crippen LogP contribution is -2.48. The van der Waals surface area contributed by atoms with Gasteiger partial charge in [0.2, 0.25) is 0 Å². The summed E-state index contributed by atoms with van der Waals surface area (Å²) in [6.07, 6.45) is 3.32. The van der Waals surface area contributed by atoms with Gasteiger partial charge in [0.05, 0.1) is 10.7 Å². The third kappa shape index (κ3) is 3.17. The van der Waals surface area contributed by atoms with Crippen LogP contribution in [-0.4, -0.2) is 29.0 Å². The number of hydrogen-bond donors (Lipinski definition) is 1. The zero-order valence-electron chi connectivity index (χ0n) is 9.85. The summed E-state index contributed by atoms with van der Waals surface area (Å²) in [5.74, 6) is 0. The number of aryl methyl sites for hydroxylation is 1. The highest BCUT2D eigenvalue weighted by Crippen LogP contribution is 2.24. The Morgan fingerprint density at radius 3 is 2.75 bits per heavy atom. The molecule has 3 nitrogen and oxygen atoms in total. The summed E-state index contributed by atoms with van der Waals surface area (Å²) in [7, 11) is 2.17. The first kappa shape index (κ1) is 13.9. The van der Waals surface area contributed by atoms with Crippen LogP contribution in [0.1, 0.15) is 30.5 Å². The predicted octanol–water partition coefficient (Wildman–Crippen LogP) is 2.05. The van der Waals surface area contributed by atoms with Crippen molar-refractivity contribution in [3.8, 4) is 0 Å². The molecule has 1 fully saturated rings. The van der Waals surface area contributed by atoms with Crippen LogP contribution in [0.25, 0.3) is 0 Å². The fourth-order valence-electron chi connectivity index (χ4n) is 1.96. The van der Waals surface area contributed by atoms with E-state index in [-0.39, 0.29) is 12.4 Å². The number of nitrogens with zero attached hydrogens (tertiary/aromatic N) is 2. The van der Waals surface area contributed by atoms with Crippen LogP contribution in [0.4, 0.5) is 0 Å². The molecule has 1 heterocycles. The second kappa shape index (κ2) is 5.96. The first-order valence-electron chi connectivity index (χ1n) is 5.58. The summed E-state index contributed by atoms with van der Waals surface area (Å²) < 4.78 is 0. The number of nitrogens with two attached hydrogens (primary N) is 1. The molecule has 0 aromatic carbocycles. The van der Waals surface area contributed by atoms with Crippen LogP contribution in [0, 0.1) is 0 Å². The van der Waals surface area contributed by atoms with Gasteiger partial charge in [-0.25, -0.2) is 4.98 Å². The molecule has 2 rings (SSSR count). The monoisotopic (exact) mass is 261 g/mol. The number of rotatable bonds is 4. The molecule has 16 heavy (non-hydrogen) atoms. The summed E-state index contributed by atoms with van der Waals surface area (Å²) in [4.78, 5) is 6.95. The molecule has 0 aliphatic heterocycles. The van der Waals surface area contributed by atoms with Crippen molar-refractivity contribution in [3.63, 3.8) is 0 Å². The van der Waals surface area contributed by atoms with E-state index in [1.165, 1.54) is 10.7 Å². The highest BCUT2D eigenvalue weighted by atomic mass is 35.5. The summed E-state index contributed by atoms with van der Waals surface area (Å²) in [5.41, 5.74) is 6.99. The van der Waals surface area contributed by atoms with Crippen molar-refractivity contribution in [1.29, 1.82) is 0 Å². The fraction of sp³-hybridized carbons (Fsp3) is 0.727. The molecule has 1 aliphatic carbocycles. The highest BCUT2D eigenvalue weighted by Gasteiger charge is 2.29. The lowest BCUT2D eigenvalue weighted by atomic mass is 9.86. The summed E-state index contributed by atoms with van der Waals surface area (Å²) >= 11 is 1.77.